The fourth-order valence-corrected chi connectivity index (χ4v) is 1.96. The maximum atomic E-state index is 13.8. The van der Waals surface area contributed by atoms with Crippen LogP contribution in [0.3, 0.4) is 0 Å². The van der Waals surface area contributed by atoms with Crippen LogP contribution in [0, 0.1) is 5.82 Å². The first-order chi connectivity index (χ1) is 8.49. The van der Waals surface area contributed by atoms with Gasteiger partial charge in [0.2, 0.25) is 0 Å². The van der Waals surface area contributed by atoms with Crippen molar-refractivity contribution in [2.45, 2.75) is 0 Å². The van der Waals surface area contributed by atoms with Gasteiger partial charge in [-0.3, -0.25) is 0 Å². The van der Waals surface area contributed by atoms with Gasteiger partial charge < -0.3 is 5.11 Å². The highest BCUT2D eigenvalue weighted by Crippen LogP contribution is 2.32. The van der Waals surface area contributed by atoms with Gasteiger partial charge in [-0.05, 0) is 30.3 Å². The van der Waals surface area contributed by atoms with E-state index in [0.717, 1.165) is 6.07 Å². The van der Waals surface area contributed by atoms with Crippen molar-refractivity contribution < 1.29 is 14.3 Å². The topological polar surface area (TPSA) is 37.3 Å². The van der Waals surface area contributed by atoms with Crippen LogP contribution in [0.4, 0.5) is 4.39 Å². The summed E-state index contributed by atoms with van der Waals surface area (Å²) >= 11 is 11.8. The van der Waals surface area contributed by atoms with E-state index in [-0.39, 0.29) is 11.1 Å². The average molecular weight is 285 g/mol. The molecule has 0 unspecified atom stereocenters. The van der Waals surface area contributed by atoms with Gasteiger partial charge in [0.15, 0.2) is 0 Å². The Balaban J connectivity index is 2.58. The van der Waals surface area contributed by atoms with Gasteiger partial charge in [-0.1, -0.05) is 29.3 Å². The van der Waals surface area contributed by atoms with Gasteiger partial charge in [-0.15, -0.1) is 0 Å². The molecule has 0 radical (unpaired) electrons. The van der Waals surface area contributed by atoms with Crippen molar-refractivity contribution in [1.82, 2.24) is 0 Å². The number of hydrogen-bond donors (Lipinski definition) is 1. The van der Waals surface area contributed by atoms with Crippen LogP contribution in [0.2, 0.25) is 10.0 Å². The monoisotopic (exact) mass is 284 g/mol. The van der Waals surface area contributed by atoms with E-state index in [1.54, 1.807) is 12.1 Å². The smallest absolute Gasteiger partial charge is 0.335 e. The molecular formula is C13H7Cl2FO2. The van der Waals surface area contributed by atoms with Crippen LogP contribution in [0.15, 0.2) is 36.4 Å². The highest BCUT2D eigenvalue weighted by molar-refractivity contribution is 6.35. The number of carboxylic acid groups (broad SMARTS) is 1. The van der Waals surface area contributed by atoms with Crippen LogP contribution >= 0.6 is 23.2 Å². The molecule has 0 saturated heterocycles. The van der Waals surface area contributed by atoms with Gasteiger partial charge in [0.05, 0.1) is 5.56 Å². The average Bonchev–Trinajstić information content (AvgIpc) is 2.32. The number of aromatic carboxylic acids is 1. The Morgan fingerprint density at radius 3 is 2.39 bits per heavy atom. The summed E-state index contributed by atoms with van der Waals surface area (Å²) in [5.74, 6) is -1.84. The summed E-state index contributed by atoms with van der Waals surface area (Å²) in [4.78, 5) is 10.7. The summed E-state index contributed by atoms with van der Waals surface area (Å²) in [6.45, 7) is 0. The number of carbonyl (C=O) groups is 1. The maximum Gasteiger partial charge on any atom is 0.335 e. The Hall–Kier alpha value is -1.58. The first kappa shape index (κ1) is 12.9. The molecule has 0 fully saturated rings. The van der Waals surface area contributed by atoms with E-state index in [0.29, 0.717) is 15.6 Å². The highest BCUT2D eigenvalue weighted by Gasteiger charge is 2.12. The lowest BCUT2D eigenvalue weighted by Gasteiger charge is -2.07. The Kier molecular flexibility index (Phi) is 3.55. The molecule has 2 aromatic carbocycles. The molecule has 0 saturated carbocycles. The lowest BCUT2D eigenvalue weighted by atomic mass is 10.0. The second-order valence-electron chi connectivity index (χ2n) is 3.62. The highest BCUT2D eigenvalue weighted by atomic mass is 35.5. The first-order valence-corrected chi connectivity index (χ1v) is 5.73. The molecule has 0 bridgehead atoms. The Morgan fingerprint density at radius 2 is 1.78 bits per heavy atom. The van der Waals surface area contributed by atoms with Gasteiger partial charge in [-0.2, -0.15) is 0 Å². The third-order valence-corrected chi connectivity index (χ3v) is 3.00. The van der Waals surface area contributed by atoms with Gasteiger partial charge in [0.25, 0.3) is 0 Å². The molecule has 1 N–H and O–H groups in total. The molecule has 0 spiro atoms. The van der Waals surface area contributed by atoms with E-state index in [2.05, 4.69) is 0 Å². The van der Waals surface area contributed by atoms with Crippen LogP contribution in [0.5, 0.6) is 0 Å². The molecule has 0 aliphatic carbocycles. The molecule has 0 aromatic heterocycles. The zero-order chi connectivity index (χ0) is 13.3. The van der Waals surface area contributed by atoms with E-state index in [1.165, 1.54) is 18.2 Å². The van der Waals surface area contributed by atoms with Gasteiger partial charge in [0, 0.05) is 21.2 Å². The van der Waals surface area contributed by atoms with Crippen LogP contribution in [0.1, 0.15) is 10.4 Å². The quantitative estimate of drug-likeness (QED) is 0.882. The van der Waals surface area contributed by atoms with E-state index in [4.69, 9.17) is 28.3 Å². The lowest BCUT2D eigenvalue weighted by Crippen LogP contribution is -1.97. The van der Waals surface area contributed by atoms with Crippen molar-refractivity contribution in [2.24, 2.45) is 0 Å². The van der Waals surface area contributed by atoms with E-state index >= 15 is 0 Å². The largest absolute Gasteiger partial charge is 0.478 e. The molecule has 0 aliphatic heterocycles. The van der Waals surface area contributed by atoms with Crippen molar-refractivity contribution in [3.8, 4) is 11.1 Å². The Bertz CT molecular complexity index is 626. The number of carboxylic acids is 1. The molecule has 5 heteroatoms. The maximum absolute atomic E-state index is 13.8. The first-order valence-electron chi connectivity index (χ1n) is 4.97. The summed E-state index contributed by atoms with van der Waals surface area (Å²) in [5.41, 5.74) is 0.528. The number of rotatable bonds is 2. The minimum Gasteiger partial charge on any atom is -0.478 e. The zero-order valence-corrected chi connectivity index (χ0v) is 10.5. The van der Waals surface area contributed by atoms with Crippen LogP contribution in [-0.4, -0.2) is 11.1 Å². The molecule has 0 amide bonds. The number of benzene rings is 2. The van der Waals surface area contributed by atoms with Gasteiger partial charge in [-0.25, -0.2) is 9.18 Å². The molecule has 2 rings (SSSR count). The van der Waals surface area contributed by atoms with E-state index < -0.39 is 11.8 Å². The minimum atomic E-state index is -1.18. The fraction of sp³-hybridized carbons (Fsp3) is 0. The van der Waals surface area contributed by atoms with E-state index in [9.17, 15) is 9.18 Å². The van der Waals surface area contributed by atoms with Crippen LogP contribution in [0.25, 0.3) is 11.1 Å². The van der Waals surface area contributed by atoms with Crippen LogP contribution in [-0.2, 0) is 0 Å². The standard InChI is InChI=1S/C13H7Cl2FO2/c14-8-2-4-11(15)10(6-8)9-3-1-7(13(17)18)5-12(9)16/h1-6H,(H,17,18). The summed E-state index contributed by atoms with van der Waals surface area (Å²) in [7, 11) is 0. The summed E-state index contributed by atoms with van der Waals surface area (Å²) in [6.07, 6.45) is 0. The molecule has 2 nitrogen and oxygen atoms in total. The van der Waals surface area contributed by atoms with Gasteiger partial charge in [0.1, 0.15) is 5.82 Å². The molecule has 92 valence electrons. The van der Waals surface area contributed by atoms with Crippen LogP contribution < -0.4 is 0 Å². The molecule has 0 aliphatic rings. The molecular weight excluding hydrogens is 278 g/mol. The lowest BCUT2D eigenvalue weighted by molar-refractivity contribution is 0.0696. The summed E-state index contributed by atoms with van der Waals surface area (Å²) in [6, 6.07) is 8.33. The van der Waals surface area contributed by atoms with Crippen molar-refractivity contribution in [2.75, 3.05) is 0 Å². The summed E-state index contributed by atoms with van der Waals surface area (Å²) < 4.78 is 13.8. The fourth-order valence-electron chi connectivity index (χ4n) is 1.57. The summed E-state index contributed by atoms with van der Waals surface area (Å²) in [5, 5.41) is 9.53. The number of halogens is 3. The molecule has 0 heterocycles. The van der Waals surface area contributed by atoms with Crippen molar-refractivity contribution in [1.29, 1.82) is 0 Å². The second kappa shape index (κ2) is 4.96. The Labute approximate surface area is 113 Å². The molecule has 18 heavy (non-hydrogen) atoms. The van der Waals surface area contributed by atoms with Gasteiger partial charge >= 0.3 is 5.97 Å². The van der Waals surface area contributed by atoms with Crippen molar-refractivity contribution >= 4 is 29.2 Å². The third-order valence-electron chi connectivity index (χ3n) is 2.43. The molecule has 0 atom stereocenters. The normalized spacial score (nSPS) is 10.4. The minimum absolute atomic E-state index is 0.116. The second-order valence-corrected chi connectivity index (χ2v) is 4.47. The van der Waals surface area contributed by atoms with E-state index in [1.807, 2.05) is 0 Å². The Morgan fingerprint density at radius 1 is 1.06 bits per heavy atom. The predicted octanol–water partition coefficient (Wildman–Crippen LogP) is 4.50. The van der Waals surface area contributed by atoms with Crippen molar-refractivity contribution in [3.05, 3.63) is 57.8 Å². The zero-order valence-electron chi connectivity index (χ0n) is 8.95. The van der Waals surface area contributed by atoms with Crippen molar-refractivity contribution in [3.63, 3.8) is 0 Å². The number of hydrogen-bond acceptors (Lipinski definition) is 1. The predicted molar refractivity (Wildman–Crippen MR) is 68.8 cm³/mol. The SMILES string of the molecule is O=C(O)c1ccc(-c2cc(Cl)ccc2Cl)c(F)c1. The third kappa shape index (κ3) is 2.47. The molecule has 2 aromatic rings.